The van der Waals surface area contributed by atoms with E-state index in [2.05, 4.69) is 22.3 Å². The van der Waals surface area contributed by atoms with E-state index in [1.807, 2.05) is 12.1 Å². The van der Waals surface area contributed by atoms with Gasteiger partial charge in [0.15, 0.2) is 0 Å². The SMILES string of the molecule is CO[C@H](CO)c1ccc(N2CCNCC2)cc1. The van der Waals surface area contributed by atoms with E-state index in [1.54, 1.807) is 7.11 Å². The number of ether oxygens (including phenoxy) is 1. The van der Waals surface area contributed by atoms with Crippen molar-refractivity contribution in [1.82, 2.24) is 5.32 Å². The minimum atomic E-state index is -0.216. The van der Waals surface area contributed by atoms with Crippen LogP contribution in [0.3, 0.4) is 0 Å². The van der Waals surface area contributed by atoms with Crippen molar-refractivity contribution in [1.29, 1.82) is 0 Å². The van der Waals surface area contributed by atoms with Crippen LogP contribution >= 0.6 is 0 Å². The van der Waals surface area contributed by atoms with Crippen LogP contribution in [-0.2, 0) is 4.74 Å². The average molecular weight is 236 g/mol. The van der Waals surface area contributed by atoms with Crippen LogP contribution in [0.4, 0.5) is 5.69 Å². The van der Waals surface area contributed by atoms with E-state index in [1.165, 1.54) is 5.69 Å². The van der Waals surface area contributed by atoms with Crippen LogP contribution in [0, 0.1) is 0 Å². The molecule has 1 aromatic rings. The fourth-order valence-corrected chi connectivity index (χ4v) is 2.14. The largest absolute Gasteiger partial charge is 0.393 e. The Morgan fingerprint density at radius 1 is 1.29 bits per heavy atom. The Balaban J connectivity index is 2.06. The summed E-state index contributed by atoms with van der Waals surface area (Å²) in [5.74, 6) is 0. The van der Waals surface area contributed by atoms with E-state index in [-0.39, 0.29) is 12.7 Å². The molecule has 94 valence electrons. The highest BCUT2D eigenvalue weighted by Gasteiger charge is 2.12. The molecule has 1 heterocycles. The summed E-state index contributed by atoms with van der Waals surface area (Å²) in [6.45, 7) is 4.20. The zero-order valence-corrected chi connectivity index (χ0v) is 10.2. The lowest BCUT2D eigenvalue weighted by Gasteiger charge is -2.29. The number of nitrogens with one attached hydrogen (secondary N) is 1. The number of anilines is 1. The minimum absolute atomic E-state index is 0.0173. The third kappa shape index (κ3) is 2.97. The molecule has 4 heteroatoms. The highest BCUT2D eigenvalue weighted by atomic mass is 16.5. The summed E-state index contributed by atoms with van der Waals surface area (Å²) in [5.41, 5.74) is 2.26. The minimum Gasteiger partial charge on any atom is -0.393 e. The topological polar surface area (TPSA) is 44.7 Å². The number of methoxy groups -OCH3 is 1. The lowest BCUT2D eigenvalue weighted by atomic mass is 10.1. The van der Waals surface area contributed by atoms with Crippen molar-refractivity contribution in [2.45, 2.75) is 6.10 Å². The molecule has 17 heavy (non-hydrogen) atoms. The van der Waals surface area contributed by atoms with Gasteiger partial charge in [-0.25, -0.2) is 0 Å². The maximum atomic E-state index is 9.15. The molecule has 2 N–H and O–H groups in total. The van der Waals surface area contributed by atoms with E-state index in [0.29, 0.717) is 0 Å². The lowest BCUT2D eigenvalue weighted by Crippen LogP contribution is -2.43. The zero-order chi connectivity index (χ0) is 12.1. The molecule has 4 nitrogen and oxygen atoms in total. The summed E-state index contributed by atoms with van der Waals surface area (Å²) in [5, 5.41) is 12.5. The van der Waals surface area contributed by atoms with Crippen molar-refractivity contribution < 1.29 is 9.84 Å². The number of hydrogen-bond acceptors (Lipinski definition) is 4. The molecular weight excluding hydrogens is 216 g/mol. The first-order valence-electron chi connectivity index (χ1n) is 6.04. The number of aliphatic hydroxyl groups is 1. The van der Waals surface area contributed by atoms with E-state index < -0.39 is 0 Å². The predicted molar refractivity (Wildman–Crippen MR) is 68.4 cm³/mol. The summed E-state index contributed by atoms with van der Waals surface area (Å²) >= 11 is 0. The second-order valence-corrected chi connectivity index (χ2v) is 4.24. The van der Waals surface area contributed by atoms with Gasteiger partial charge in [0.25, 0.3) is 0 Å². The van der Waals surface area contributed by atoms with Crippen molar-refractivity contribution in [3.63, 3.8) is 0 Å². The van der Waals surface area contributed by atoms with Gasteiger partial charge in [0, 0.05) is 39.0 Å². The second-order valence-electron chi connectivity index (χ2n) is 4.24. The highest BCUT2D eigenvalue weighted by Crippen LogP contribution is 2.21. The Bertz CT molecular complexity index is 330. The molecule has 0 aromatic heterocycles. The Morgan fingerprint density at radius 2 is 1.94 bits per heavy atom. The first-order chi connectivity index (χ1) is 8.35. The standard InChI is InChI=1S/C13H20N2O2/c1-17-13(10-16)11-2-4-12(5-3-11)15-8-6-14-7-9-15/h2-5,13-14,16H,6-10H2,1H3/t13-/m1/s1. The molecule has 1 saturated heterocycles. The van der Waals surface area contributed by atoms with Gasteiger partial charge in [-0.3, -0.25) is 0 Å². The number of piperazine rings is 1. The molecule has 0 bridgehead atoms. The van der Waals surface area contributed by atoms with Gasteiger partial charge in [0.05, 0.1) is 6.61 Å². The molecule has 1 fully saturated rings. The normalized spacial score (nSPS) is 18.1. The zero-order valence-electron chi connectivity index (χ0n) is 10.2. The van der Waals surface area contributed by atoms with E-state index in [9.17, 15) is 0 Å². The quantitative estimate of drug-likeness (QED) is 0.811. The molecule has 0 unspecified atom stereocenters. The van der Waals surface area contributed by atoms with Crippen molar-refractivity contribution in [2.24, 2.45) is 0 Å². The van der Waals surface area contributed by atoms with Gasteiger partial charge in [-0.1, -0.05) is 12.1 Å². The van der Waals surface area contributed by atoms with E-state index >= 15 is 0 Å². The van der Waals surface area contributed by atoms with Crippen LogP contribution in [0.1, 0.15) is 11.7 Å². The number of rotatable bonds is 4. The van der Waals surface area contributed by atoms with Gasteiger partial charge in [0.1, 0.15) is 6.10 Å². The summed E-state index contributed by atoms with van der Waals surface area (Å²) < 4.78 is 5.20. The van der Waals surface area contributed by atoms with Crippen molar-refractivity contribution in [3.8, 4) is 0 Å². The third-order valence-electron chi connectivity index (χ3n) is 3.20. The number of benzene rings is 1. The molecule has 1 aliphatic rings. The predicted octanol–water partition coefficient (Wildman–Crippen LogP) is 0.776. The summed E-state index contributed by atoms with van der Waals surface area (Å²) in [6, 6.07) is 8.26. The number of aliphatic hydroxyl groups excluding tert-OH is 1. The molecule has 1 aliphatic heterocycles. The first kappa shape index (κ1) is 12.4. The highest BCUT2D eigenvalue weighted by molar-refractivity contribution is 5.48. The molecule has 2 rings (SSSR count). The maximum absolute atomic E-state index is 9.15. The van der Waals surface area contributed by atoms with E-state index in [4.69, 9.17) is 9.84 Å². The van der Waals surface area contributed by atoms with Gasteiger partial charge in [-0.05, 0) is 17.7 Å². The van der Waals surface area contributed by atoms with Gasteiger partial charge in [-0.2, -0.15) is 0 Å². The smallest absolute Gasteiger partial charge is 0.105 e. The van der Waals surface area contributed by atoms with Gasteiger partial charge in [0.2, 0.25) is 0 Å². The van der Waals surface area contributed by atoms with Gasteiger partial charge >= 0.3 is 0 Å². The van der Waals surface area contributed by atoms with Crippen LogP contribution in [0.25, 0.3) is 0 Å². The molecule has 0 spiro atoms. The monoisotopic (exact) mass is 236 g/mol. The fourth-order valence-electron chi connectivity index (χ4n) is 2.14. The average Bonchev–Trinajstić information content (AvgIpc) is 2.42. The number of nitrogens with zero attached hydrogens (tertiary/aromatic N) is 1. The van der Waals surface area contributed by atoms with Gasteiger partial charge < -0.3 is 20.1 Å². The van der Waals surface area contributed by atoms with Crippen molar-refractivity contribution >= 4 is 5.69 Å². The molecule has 1 atom stereocenters. The molecule has 1 aromatic carbocycles. The molecule has 0 aliphatic carbocycles. The lowest BCUT2D eigenvalue weighted by molar-refractivity contribution is 0.0484. The van der Waals surface area contributed by atoms with Crippen molar-refractivity contribution in [2.75, 3.05) is 44.8 Å². The Kier molecular flexibility index (Phi) is 4.36. The van der Waals surface area contributed by atoms with Crippen LogP contribution in [0.15, 0.2) is 24.3 Å². The second kappa shape index (κ2) is 6.00. The summed E-state index contributed by atoms with van der Waals surface area (Å²) in [4.78, 5) is 2.36. The van der Waals surface area contributed by atoms with Crippen molar-refractivity contribution in [3.05, 3.63) is 29.8 Å². The molecular formula is C13H20N2O2. The molecule has 0 amide bonds. The van der Waals surface area contributed by atoms with Gasteiger partial charge in [-0.15, -0.1) is 0 Å². The first-order valence-corrected chi connectivity index (χ1v) is 6.04. The van der Waals surface area contributed by atoms with Crippen LogP contribution in [0.5, 0.6) is 0 Å². The Hall–Kier alpha value is -1.10. The van der Waals surface area contributed by atoms with Crippen LogP contribution in [-0.4, -0.2) is 45.0 Å². The van der Waals surface area contributed by atoms with E-state index in [0.717, 1.165) is 31.7 Å². The summed E-state index contributed by atoms with van der Waals surface area (Å²) in [7, 11) is 1.62. The molecule has 0 radical (unpaired) electrons. The number of hydrogen-bond donors (Lipinski definition) is 2. The fraction of sp³-hybridized carbons (Fsp3) is 0.538. The van der Waals surface area contributed by atoms with Crippen LogP contribution in [0.2, 0.25) is 0 Å². The summed E-state index contributed by atoms with van der Waals surface area (Å²) in [6.07, 6.45) is -0.216. The van der Waals surface area contributed by atoms with Crippen LogP contribution < -0.4 is 10.2 Å². The molecule has 0 saturated carbocycles. The Labute approximate surface area is 102 Å². The maximum Gasteiger partial charge on any atom is 0.105 e. The Morgan fingerprint density at radius 3 is 2.47 bits per heavy atom. The third-order valence-corrected chi connectivity index (χ3v) is 3.20.